The van der Waals surface area contributed by atoms with Crippen LogP contribution in [0.15, 0.2) is 51.8 Å². The monoisotopic (exact) mass is 483 g/mol. The first-order valence-corrected chi connectivity index (χ1v) is 10.7. The van der Waals surface area contributed by atoms with Gasteiger partial charge in [-0.1, -0.05) is 11.6 Å². The number of phenols is 1. The van der Waals surface area contributed by atoms with Gasteiger partial charge >= 0.3 is 5.63 Å². The highest BCUT2D eigenvalue weighted by Crippen LogP contribution is 2.31. The molecule has 0 unspecified atom stereocenters. The van der Waals surface area contributed by atoms with Crippen LogP contribution in [0, 0.1) is 6.92 Å². The molecule has 0 bridgehead atoms. The van der Waals surface area contributed by atoms with Crippen LogP contribution in [-0.2, 0) is 16.0 Å². The third-order valence-electron chi connectivity index (χ3n) is 5.45. The Balaban J connectivity index is 1.51. The van der Waals surface area contributed by atoms with Gasteiger partial charge in [0.15, 0.2) is 6.10 Å². The molecule has 4 aromatic rings. The first-order chi connectivity index (χ1) is 16.1. The van der Waals surface area contributed by atoms with Gasteiger partial charge in [0.25, 0.3) is 5.91 Å². The van der Waals surface area contributed by atoms with Crippen molar-refractivity contribution in [3.63, 3.8) is 0 Å². The second kappa shape index (κ2) is 9.11. The van der Waals surface area contributed by atoms with Crippen molar-refractivity contribution in [2.24, 2.45) is 0 Å². The standard InChI is InChI=1S/C24H21ClN2O7/c1-11-5-22(29)34-20-9-21(17(25)8-15(11)20)33-12(2)23(30)27-19(24(31)32)6-13-10-26-18-4-3-14(28)7-16(13)18/h3-5,7-10,12,19,26,28H,6H2,1-2H3,(H,27,30)(H,31,32)/p-1/t12-,19+/m0/s1. The summed E-state index contributed by atoms with van der Waals surface area (Å²) >= 11 is 6.28. The van der Waals surface area contributed by atoms with E-state index in [2.05, 4.69) is 10.3 Å². The van der Waals surface area contributed by atoms with E-state index in [0.29, 0.717) is 27.4 Å². The van der Waals surface area contributed by atoms with Gasteiger partial charge in [-0.15, -0.1) is 0 Å². The fourth-order valence-corrected chi connectivity index (χ4v) is 3.90. The van der Waals surface area contributed by atoms with E-state index in [1.807, 2.05) is 0 Å². The number of aromatic amines is 1. The van der Waals surface area contributed by atoms with Crippen molar-refractivity contribution < 1.29 is 29.0 Å². The van der Waals surface area contributed by atoms with Crippen molar-refractivity contribution >= 4 is 45.3 Å². The highest BCUT2D eigenvalue weighted by Gasteiger charge is 2.22. The number of hydrogen-bond acceptors (Lipinski definition) is 7. The van der Waals surface area contributed by atoms with Gasteiger partial charge in [0, 0.05) is 41.0 Å². The molecular formula is C24H20ClN2O7-. The molecule has 0 fully saturated rings. The number of amides is 1. The highest BCUT2D eigenvalue weighted by atomic mass is 35.5. The zero-order valence-corrected chi connectivity index (χ0v) is 18.9. The van der Waals surface area contributed by atoms with Gasteiger partial charge in [-0.2, -0.15) is 0 Å². The molecule has 0 aliphatic rings. The van der Waals surface area contributed by atoms with Crippen molar-refractivity contribution in [1.29, 1.82) is 0 Å². The molecule has 0 radical (unpaired) electrons. The molecule has 2 aromatic heterocycles. The number of phenolic OH excluding ortho intramolecular Hbond substituents is 1. The molecule has 0 aliphatic carbocycles. The third kappa shape index (κ3) is 4.69. The SMILES string of the molecule is Cc1cc(=O)oc2cc(O[C@@H](C)C(=O)N[C@H](Cc3c[nH]c4ccc(O)cc34)C(=O)[O-])c(Cl)cc12. The summed E-state index contributed by atoms with van der Waals surface area (Å²) in [6.07, 6.45) is 0.405. The predicted molar refractivity (Wildman–Crippen MR) is 123 cm³/mol. The van der Waals surface area contributed by atoms with E-state index in [1.54, 1.807) is 25.3 Å². The molecule has 9 nitrogen and oxygen atoms in total. The Morgan fingerprint density at radius 1 is 1.24 bits per heavy atom. The number of fused-ring (bicyclic) bond motifs is 2. The average Bonchev–Trinajstić information content (AvgIpc) is 3.16. The summed E-state index contributed by atoms with van der Waals surface area (Å²) in [5, 5.41) is 25.3. The fourth-order valence-electron chi connectivity index (χ4n) is 3.69. The normalized spacial score (nSPS) is 13.0. The van der Waals surface area contributed by atoms with Crippen molar-refractivity contribution in [2.45, 2.75) is 32.4 Å². The van der Waals surface area contributed by atoms with Crippen LogP contribution >= 0.6 is 11.6 Å². The minimum absolute atomic E-state index is 0.0303. The molecule has 10 heteroatoms. The van der Waals surface area contributed by atoms with Gasteiger partial charge in [0.2, 0.25) is 0 Å². The number of ether oxygens (including phenoxy) is 1. The van der Waals surface area contributed by atoms with Crippen LogP contribution in [0.2, 0.25) is 5.02 Å². The largest absolute Gasteiger partial charge is 0.548 e. The van der Waals surface area contributed by atoms with Crippen LogP contribution in [0.3, 0.4) is 0 Å². The second-order valence-corrected chi connectivity index (χ2v) is 8.32. The number of H-pyrrole nitrogens is 1. The number of carboxylic acid groups (broad SMARTS) is 1. The Labute approximate surface area is 197 Å². The van der Waals surface area contributed by atoms with Crippen LogP contribution in [-0.4, -0.2) is 34.1 Å². The number of aromatic hydroxyl groups is 1. The average molecular weight is 484 g/mol. The number of aryl methyl sites for hydroxylation is 1. The zero-order valence-electron chi connectivity index (χ0n) is 18.2. The first kappa shape index (κ1) is 23.2. The number of aromatic nitrogens is 1. The van der Waals surface area contributed by atoms with Crippen LogP contribution in [0.4, 0.5) is 0 Å². The summed E-state index contributed by atoms with van der Waals surface area (Å²) in [6, 6.07) is 7.62. The zero-order chi connectivity index (χ0) is 24.6. The maximum Gasteiger partial charge on any atom is 0.336 e. The summed E-state index contributed by atoms with van der Waals surface area (Å²) in [4.78, 5) is 39.1. The van der Waals surface area contributed by atoms with Gasteiger partial charge in [-0.05, 0) is 49.2 Å². The summed E-state index contributed by atoms with van der Waals surface area (Å²) in [6.45, 7) is 3.17. The number of halogens is 1. The molecule has 1 amide bonds. The van der Waals surface area contributed by atoms with Gasteiger partial charge in [0.05, 0.1) is 17.0 Å². The van der Waals surface area contributed by atoms with E-state index in [0.717, 1.165) is 0 Å². The van der Waals surface area contributed by atoms with E-state index >= 15 is 0 Å². The fraction of sp³-hybridized carbons (Fsp3) is 0.208. The molecule has 0 saturated heterocycles. The smallest absolute Gasteiger partial charge is 0.336 e. The van der Waals surface area contributed by atoms with Crippen molar-refractivity contribution in [3.8, 4) is 11.5 Å². The lowest BCUT2D eigenvalue weighted by molar-refractivity contribution is -0.308. The summed E-state index contributed by atoms with van der Waals surface area (Å²) in [5.74, 6) is -2.06. The van der Waals surface area contributed by atoms with E-state index in [1.165, 1.54) is 31.2 Å². The molecule has 0 spiro atoms. The molecule has 3 N–H and O–H groups in total. The maximum atomic E-state index is 12.7. The van der Waals surface area contributed by atoms with E-state index in [-0.39, 0.29) is 28.5 Å². The molecule has 2 aromatic carbocycles. The quantitative estimate of drug-likeness (QED) is 0.341. The van der Waals surface area contributed by atoms with Gasteiger partial charge < -0.3 is 34.5 Å². The van der Waals surface area contributed by atoms with E-state index in [9.17, 15) is 24.6 Å². The summed E-state index contributed by atoms with van der Waals surface area (Å²) in [5.41, 5.74) is 1.67. The van der Waals surface area contributed by atoms with Crippen LogP contribution < -0.4 is 20.8 Å². The number of benzene rings is 2. The predicted octanol–water partition coefficient (Wildman–Crippen LogP) is 2.19. The Bertz CT molecular complexity index is 1470. The Morgan fingerprint density at radius 3 is 2.74 bits per heavy atom. The highest BCUT2D eigenvalue weighted by molar-refractivity contribution is 6.32. The molecule has 0 saturated carbocycles. The lowest BCUT2D eigenvalue weighted by atomic mass is 10.0. The minimum Gasteiger partial charge on any atom is -0.548 e. The van der Waals surface area contributed by atoms with Crippen LogP contribution in [0.5, 0.6) is 11.5 Å². The molecule has 34 heavy (non-hydrogen) atoms. The lowest BCUT2D eigenvalue weighted by Crippen LogP contribution is -2.52. The van der Waals surface area contributed by atoms with Gasteiger partial charge in [-0.3, -0.25) is 4.79 Å². The van der Waals surface area contributed by atoms with E-state index < -0.39 is 29.6 Å². The van der Waals surface area contributed by atoms with Gasteiger partial charge in [-0.25, -0.2) is 4.79 Å². The van der Waals surface area contributed by atoms with Crippen LogP contribution in [0.1, 0.15) is 18.1 Å². The molecule has 176 valence electrons. The molecular weight excluding hydrogens is 464 g/mol. The summed E-state index contributed by atoms with van der Waals surface area (Å²) in [7, 11) is 0. The first-order valence-electron chi connectivity index (χ1n) is 10.3. The molecule has 2 heterocycles. The minimum atomic E-state index is -1.48. The topological polar surface area (TPSA) is 145 Å². The Kier molecular flexibility index (Phi) is 6.21. The maximum absolute atomic E-state index is 12.7. The van der Waals surface area contributed by atoms with Gasteiger partial charge in [0.1, 0.15) is 17.1 Å². The number of aliphatic carboxylic acids is 1. The number of carbonyl (C=O) groups excluding carboxylic acids is 2. The molecule has 2 atom stereocenters. The Hall–Kier alpha value is -3.98. The molecule has 0 aliphatic heterocycles. The number of nitrogens with one attached hydrogen (secondary N) is 2. The number of hydrogen-bond donors (Lipinski definition) is 3. The molecule has 4 rings (SSSR count). The van der Waals surface area contributed by atoms with Crippen LogP contribution in [0.25, 0.3) is 21.9 Å². The third-order valence-corrected chi connectivity index (χ3v) is 5.75. The second-order valence-electron chi connectivity index (χ2n) is 7.92. The Morgan fingerprint density at radius 2 is 2.00 bits per heavy atom. The van der Waals surface area contributed by atoms with E-state index in [4.69, 9.17) is 20.8 Å². The van der Waals surface area contributed by atoms with Crippen molar-refractivity contribution in [1.82, 2.24) is 10.3 Å². The lowest BCUT2D eigenvalue weighted by Gasteiger charge is -2.22. The number of carbonyl (C=O) groups is 2. The number of rotatable bonds is 7. The van der Waals surface area contributed by atoms with Crippen molar-refractivity contribution in [2.75, 3.05) is 0 Å². The van der Waals surface area contributed by atoms with Crippen molar-refractivity contribution in [3.05, 3.63) is 69.2 Å². The number of carboxylic acids is 1. The summed E-state index contributed by atoms with van der Waals surface area (Å²) < 4.78 is 10.8.